The number of benzene rings is 2. The minimum atomic E-state index is -0.787. The first-order valence-electron chi connectivity index (χ1n) is 9.90. The summed E-state index contributed by atoms with van der Waals surface area (Å²) in [5.41, 5.74) is 2.42. The van der Waals surface area contributed by atoms with E-state index in [1.165, 1.54) is 11.0 Å². The molecule has 3 rings (SSSR count). The van der Waals surface area contributed by atoms with Crippen molar-refractivity contribution in [3.63, 3.8) is 0 Å². The fourth-order valence-electron chi connectivity index (χ4n) is 3.59. The highest BCUT2D eigenvalue weighted by Crippen LogP contribution is 2.42. The van der Waals surface area contributed by atoms with Gasteiger partial charge in [-0.3, -0.25) is 14.5 Å². The van der Waals surface area contributed by atoms with Crippen molar-refractivity contribution in [2.24, 2.45) is 5.92 Å². The van der Waals surface area contributed by atoms with Crippen molar-refractivity contribution in [1.29, 1.82) is 0 Å². The van der Waals surface area contributed by atoms with E-state index in [0.717, 1.165) is 5.56 Å². The van der Waals surface area contributed by atoms with Gasteiger partial charge in [0.25, 0.3) is 5.91 Å². The molecule has 1 heterocycles. The number of carbonyl (C=O) groups is 3. The summed E-state index contributed by atoms with van der Waals surface area (Å²) in [5, 5.41) is 10.6. The van der Waals surface area contributed by atoms with Gasteiger partial charge < -0.3 is 9.84 Å². The molecule has 0 bridgehead atoms. The van der Waals surface area contributed by atoms with Crippen LogP contribution in [0.3, 0.4) is 0 Å². The molecule has 0 saturated heterocycles. The van der Waals surface area contributed by atoms with E-state index in [1.807, 2.05) is 31.2 Å². The van der Waals surface area contributed by atoms with Gasteiger partial charge in [0, 0.05) is 11.6 Å². The number of carbonyl (C=O) groups excluding carboxylic acids is 3. The van der Waals surface area contributed by atoms with Crippen LogP contribution in [0.2, 0.25) is 0 Å². The summed E-state index contributed by atoms with van der Waals surface area (Å²) in [6.45, 7) is 7.31. The number of ketones is 1. The molecule has 1 atom stereocenters. The number of aliphatic hydroxyl groups is 1. The maximum atomic E-state index is 13.1. The van der Waals surface area contributed by atoms with Crippen LogP contribution in [0.4, 0.5) is 5.69 Å². The molecule has 1 unspecified atom stereocenters. The van der Waals surface area contributed by atoms with Gasteiger partial charge in [-0.25, -0.2) is 4.79 Å². The van der Waals surface area contributed by atoms with E-state index in [0.29, 0.717) is 11.3 Å². The highest BCUT2D eigenvalue weighted by atomic mass is 16.5. The maximum Gasteiger partial charge on any atom is 0.338 e. The van der Waals surface area contributed by atoms with Crippen molar-refractivity contribution in [1.82, 2.24) is 0 Å². The van der Waals surface area contributed by atoms with E-state index in [2.05, 4.69) is 0 Å². The summed E-state index contributed by atoms with van der Waals surface area (Å²) >= 11 is 0. The molecular weight excluding hydrogens is 382 g/mol. The lowest BCUT2D eigenvalue weighted by Gasteiger charge is -2.28. The Kier molecular flexibility index (Phi) is 6.06. The van der Waals surface area contributed by atoms with E-state index in [-0.39, 0.29) is 23.5 Å². The van der Waals surface area contributed by atoms with Crippen LogP contribution in [0.25, 0.3) is 0 Å². The molecule has 6 heteroatoms. The van der Waals surface area contributed by atoms with Crippen molar-refractivity contribution < 1.29 is 24.2 Å². The molecule has 0 aliphatic carbocycles. The molecule has 156 valence electrons. The Morgan fingerprint density at radius 3 is 2.47 bits per heavy atom. The standard InChI is InChI=1S/C24H25NO5/c1-5-30-24(29)17-10-7-11-18(13-17)25-20(16-9-6-8-15(4)12-16)19(21(26)14(2)3)22(27)23(25)28/h6-14,20,27H,5H2,1-4H3. The van der Waals surface area contributed by atoms with Crippen LogP contribution in [0.15, 0.2) is 59.9 Å². The lowest BCUT2D eigenvalue weighted by atomic mass is 9.90. The van der Waals surface area contributed by atoms with E-state index < -0.39 is 29.6 Å². The second-order valence-corrected chi connectivity index (χ2v) is 7.54. The molecule has 0 saturated carbocycles. The first-order chi connectivity index (χ1) is 14.3. The molecule has 1 amide bonds. The number of amides is 1. The van der Waals surface area contributed by atoms with Crippen molar-refractivity contribution in [3.8, 4) is 0 Å². The molecule has 30 heavy (non-hydrogen) atoms. The Morgan fingerprint density at radius 2 is 1.83 bits per heavy atom. The molecule has 1 aliphatic heterocycles. The SMILES string of the molecule is CCOC(=O)c1cccc(N2C(=O)C(O)=C(C(=O)C(C)C)C2c2cccc(C)c2)c1. The number of anilines is 1. The molecule has 0 aromatic heterocycles. The van der Waals surface area contributed by atoms with Gasteiger partial charge in [-0.15, -0.1) is 0 Å². The van der Waals surface area contributed by atoms with E-state index in [4.69, 9.17) is 4.74 Å². The Labute approximate surface area is 175 Å². The quantitative estimate of drug-likeness (QED) is 0.722. The van der Waals surface area contributed by atoms with Gasteiger partial charge in [-0.1, -0.05) is 49.7 Å². The van der Waals surface area contributed by atoms with Crippen molar-refractivity contribution in [2.75, 3.05) is 11.5 Å². The molecule has 2 aromatic carbocycles. The lowest BCUT2D eigenvalue weighted by molar-refractivity contribution is -0.119. The number of aryl methyl sites for hydroxylation is 1. The highest BCUT2D eigenvalue weighted by Gasteiger charge is 2.44. The first-order valence-corrected chi connectivity index (χ1v) is 9.90. The molecule has 6 nitrogen and oxygen atoms in total. The second-order valence-electron chi connectivity index (χ2n) is 7.54. The van der Waals surface area contributed by atoms with Gasteiger partial charge >= 0.3 is 5.97 Å². The van der Waals surface area contributed by atoms with Gasteiger partial charge in [0.2, 0.25) is 0 Å². The van der Waals surface area contributed by atoms with Crippen molar-refractivity contribution >= 4 is 23.3 Å². The van der Waals surface area contributed by atoms with Gasteiger partial charge in [0.1, 0.15) is 0 Å². The van der Waals surface area contributed by atoms with E-state index in [9.17, 15) is 19.5 Å². The predicted molar refractivity (Wildman–Crippen MR) is 113 cm³/mol. The number of aliphatic hydroxyl groups excluding tert-OH is 1. The van der Waals surface area contributed by atoms with E-state index >= 15 is 0 Å². The summed E-state index contributed by atoms with van der Waals surface area (Å²) in [6.07, 6.45) is 0. The van der Waals surface area contributed by atoms with Crippen LogP contribution in [0.1, 0.15) is 48.3 Å². The van der Waals surface area contributed by atoms with Crippen LogP contribution >= 0.6 is 0 Å². The van der Waals surface area contributed by atoms with Gasteiger partial charge in [-0.2, -0.15) is 0 Å². The van der Waals surface area contributed by atoms with Crippen LogP contribution in [-0.4, -0.2) is 29.4 Å². The van der Waals surface area contributed by atoms with Gasteiger partial charge in [0.15, 0.2) is 11.5 Å². The van der Waals surface area contributed by atoms with Crippen LogP contribution in [-0.2, 0) is 14.3 Å². The topological polar surface area (TPSA) is 83.9 Å². The monoisotopic (exact) mass is 407 g/mol. The average Bonchev–Trinajstić information content (AvgIpc) is 2.98. The number of hydrogen-bond donors (Lipinski definition) is 1. The Balaban J connectivity index is 2.16. The third kappa shape index (κ3) is 3.85. The van der Waals surface area contributed by atoms with Crippen molar-refractivity contribution in [2.45, 2.75) is 33.7 Å². The summed E-state index contributed by atoms with van der Waals surface area (Å²) in [4.78, 5) is 39.5. The summed E-state index contributed by atoms with van der Waals surface area (Å²) < 4.78 is 5.06. The Hall–Kier alpha value is -3.41. The molecule has 0 radical (unpaired) electrons. The molecule has 1 N–H and O–H groups in total. The average molecular weight is 407 g/mol. The van der Waals surface area contributed by atoms with E-state index in [1.54, 1.807) is 39.0 Å². The van der Waals surface area contributed by atoms with Crippen LogP contribution in [0, 0.1) is 12.8 Å². The maximum absolute atomic E-state index is 13.1. The lowest BCUT2D eigenvalue weighted by Crippen LogP contribution is -2.31. The molecule has 0 spiro atoms. The zero-order valence-corrected chi connectivity index (χ0v) is 17.5. The number of nitrogens with zero attached hydrogens (tertiary/aromatic N) is 1. The fourth-order valence-corrected chi connectivity index (χ4v) is 3.59. The fraction of sp³-hybridized carbons (Fsp3) is 0.292. The molecule has 0 fully saturated rings. The first kappa shape index (κ1) is 21.3. The third-order valence-electron chi connectivity index (χ3n) is 4.99. The summed E-state index contributed by atoms with van der Waals surface area (Å²) in [6, 6.07) is 13.1. The minimum Gasteiger partial charge on any atom is -0.503 e. The Bertz CT molecular complexity index is 1040. The number of hydrogen-bond acceptors (Lipinski definition) is 5. The second kappa shape index (κ2) is 8.53. The largest absolute Gasteiger partial charge is 0.503 e. The smallest absolute Gasteiger partial charge is 0.338 e. The van der Waals surface area contributed by atoms with Gasteiger partial charge in [0.05, 0.1) is 23.8 Å². The number of rotatable bonds is 6. The molecule has 1 aliphatic rings. The third-order valence-corrected chi connectivity index (χ3v) is 4.99. The van der Waals surface area contributed by atoms with Crippen LogP contribution in [0.5, 0.6) is 0 Å². The number of esters is 1. The zero-order chi connectivity index (χ0) is 22.0. The minimum absolute atomic E-state index is 0.0714. The van der Waals surface area contributed by atoms with Crippen LogP contribution < -0.4 is 4.90 Å². The molecular formula is C24H25NO5. The molecule has 2 aromatic rings. The predicted octanol–water partition coefficient (Wildman–Crippen LogP) is 4.30. The zero-order valence-electron chi connectivity index (χ0n) is 17.5. The highest BCUT2D eigenvalue weighted by molar-refractivity contribution is 6.17. The van der Waals surface area contributed by atoms with Gasteiger partial charge in [-0.05, 0) is 37.6 Å². The summed E-state index contributed by atoms with van der Waals surface area (Å²) in [5.74, 6) is -2.42. The number of ether oxygens (including phenoxy) is 1. The number of Topliss-reactive ketones (excluding diaryl/α,β-unsaturated/α-hetero) is 1. The normalized spacial score (nSPS) is 16.4. The van der Waals surface area contributed by atoms with Crippen molar-refractivity contribution in [3.05, 3.63) is 76.6 Å². The Morgan fingerprint density at radius 1 is 1.13 bits per heavy atom. The summed E-state index contributed by atoms with van der Waals surface area (Å²) in [7, 11) is 0.